The molecular formula is C52H31N3. The lowest BCUT2D eigenvalue weighted by atomic mass is 9.68. The zero-order valence-corrected chi connectivity index (χ0v) is 29.7. The highest BCUT2D eigenvalue weighted by Gasteiger charge is 2.53. The fourth-order valence-electron chi connectivity index (χ4n) is 9.73. The Bertz CT molecular complexity index is 3100. The quantitative estimate of drug-likeness (QED) is 0.173. The Morgan fingerprint density at radius 1 is 0.309 bits per heavy atom. The van der Waals surface area contributed by atoms with Crippen LogP contribution in [0.3, 0.4) is 0 Å². The van der Waals surface area contributed by atoms with Crippen molar-refractivity contribution in [3.63, 3.8) is 0 Å². The molecule has 0 N–H and O–H groups in total. The fraction of sp³-hybridized carbons (Fsp3) is 0.0192. The van der Waals surface area contributed by atoms with Gasteiger partial charge in [0.05, 0.1) is 5.41 Å². The highest BCUT2D eigenvalue weighted by molar-refractivity contribution is 6.21. The summed E-state index contributed by atoms with van der Waals surface area (Å²) in [6.07, 6.45) is 0. The number of aromatic nitrogens is 3. The van der Waals surface area contributed by atoms with Gasteiger partial charge in [-0.2, -0.15) is 0 Å². The molecule has 0 atom stereocenters. The summed E-state index contributed by atoms with van der Waals surface area (Å²) in [7, 11) is 0. The lowest BCUT2D eigenvalue weighted by molar-refractivity contribution is 0.809. The van der Waals surface area contributed by atoms with Crippen molar-refractivity contribution in [1.29, 1.82) is 0 Å². The van der Waals surface area contributed by atoms with Crippen molar-refractivity contribution in [2.75, 3.05) is 0 Å². The lowest BCUT2D eigenvalue weighted by Crippen LogP contribution is -2.26. The maximum atomic E-state index is 5.09. The molecule has 0 unspecified atom stereocenters. The molecule has 3 heteroatoms. The maximum absolute atomic E-state index is 5.09. The molecule has 0 saturated carbocycles. The zero-order chi connectivity index (χ0) is 36.1. The molecule has 0 radical (unpaired) electrons. The topological polar surface area (TPSA) is 38.7 Å². The molecule has 12 rings (SSSR count). The highest BCUT2D eigenvalue weighted by Crippen LogP contribution is 2.66. The first-order chi connectivity index (χ1) is 27.3. The monoisotopic (exact) mass is 697 g/mol. The maximum Gasteiger partial charge on any atom is 0.164 e. The number of nitrogens with zero attached hydrogens (tertiary/aromatic N) is 3. The summed E-state index contributed by atoms with van der Waals surface area (Å²) < 4.78 is 0. The van der Waals surface area contributed by atoms with Crippen LogP contribution < -0.4 is 0 Å². The van der Waals surface area contributed by atoms with Crippen molar-refractivity contribution in [3.8, 4) is 56.4 Å². The van der Waals surface area contributed by atoms with Crippen molar-refractivity contribution in [3.05, 3.63) is 210 Å². The molecule has 254 valence electrons. The number of rotatable bonds is 3. The van der Waals surface area contributed by atoms with E-state index in [1.165, 1.54) is 71.4 Å². The minimum absolute atomic E-state index is 0.517. The third kappa shape index (κ3) is 4.12. The number of hydrogen-bond donors (Lipinski definition) is 0. The fourth-order valence-corrected chi connectivity index (χ4v) is 9.73. The normalized spacial score (nSPS) is 13.2. The smallest absolute Gasteiger partial charge is 0.164 e. The van der Waals surface area contributed by atoms with Crippen molar-refractivity contribution < 1.29 is 0 Å². The van der Waals surface area contributed by atoms with Crippen molar-refractivity contribution in [2.24, 2.45) is 0 Å². The molecule has 0 fully saturated rings. The van der Waals surface area contributed by atoms with Crippen molar-refractivity contribution >= 4 is 32.3 Å². The minimum atomic E-state index is -0.517. The van der Waals surface area contributed by atoms with Crippen molar-refractivity contribution in [2.45, 2.75) is 5.41 Å². The molecule has 55 heavy (non-hydrogen) atoms. The molecule has 1 aromatic heterocycles. The van der Waals surface area contributed by atoms with Crippen LogP contribution in [-0.4, -0.2) is 15.0 Å². The van der Waals surface area contributed by atoms with Crippen LogP contribution in [0.15, 0.2) is 188 Å². The van der Waals surface area contributed by atoms with Crippen molar-refractivity contribution in [1.82, 2.24) is 15.0 Å². The predicted molar refractivity (Wildman–Crippen MR) is 225 cm³/mol. The second kappa shape index (κ2) is 11.4. The Morgan fingerprint density at radius 3 is 1.42 bits per heavy atom. The molecular weight excluding hydrogens is 667 g/mol. The molecule has 9 aromatic carbocycles. The SMILES string of the molecule is c1ccc(-c2nc(-c3ccccc3)nc(-c3ccc4c5c(ccc4c3)-c3c(c4ccccc4c4ccccc34)C53c4ccccc4-c4ccccc43)n2)cc1. The molecule has 1 heterocycles. The molecule has 2 aliphatic rings. The van der Waals surface area contributed by atoms with Gasteiger partial charge in [0.2, 0.25) is 0 Å². The average molecular weight is 698 g/mol. The summed E-state index contributed by atoms with van der Waals surface area (Å²) in [6.45, 7) is 0. The lowest BCUT2D eigenvalue weighted by Gasteiger charge is -2.32. The van der Waals surface area contributed by atoms with E-state index in [4.69, 9.17) is 15.0 Å². The molecule has 1 spiro atoms. The first kappa shape index (κ1) is 30.3. The van der Waals surface area contributed by atoms with Gasteiger partial charge in [-0.05, 0) is 82.9 Å². The zero-order valence-electron chi connectivity index (χ0n) is 29.7. The third-order valence-corrected chi connectivity index (χ3v) is 11.9. The highest BCUT2D eigenvalue weighted by atomic mass is 15.0. The molecule has 10 aromatic rings. The second-order valence-corrected chi connectivity index (χ2v) is 14.6. The van der Waals surface area contributed by atoms with E-state index < -0.39 is 5.41 Å². The minimum Gasteiger partial charge on any atom is -0.208 e. The Kier molecular flexibility index (Phi) is 6.26. The first-order valence-corrected chi connectivity index (χ1v) is 18.9. The van der Waals surface area contributed by atoms with Gasteiger partial charge in [0.1, 0.15) is 0 Å². The molecule has 0 bridgehead atoms. The van der Waals surface area contributed by atoms with Gasteiger partial charge in [0.25, 0.3) is 0 Å². The summed E-state index contributed by atoms with van der Waals surface area (Å²) >= 11 is 0. The summed E-state index contributed by atoms with van der Waals surface area (Å²) in [5, 5.41) is 7.55. The summed E-state index contributed by atoms with van der Waals surface area (Å²) in [6, 6.07) is 68.0. The van der Waals surface area contributed by atoms with Gasteiger partial charge in [-0.1, -0.05) is 182 Å². The van der Waals surface area contributed by atoms with Gasteiger partial charge in [-0.3, -0.25) is 0 Å². The Hall–Kier alpha value is -7.23. The molecule has 3 nitrogen and oxygen atoms in total. The van der Waals surface area contributed by atoms with Gasteiger partial charge in [-0.25, -0.2) is 15.0 Å². The number of benzene rings is 9. The van der Waals surface area contributed by atoms with Gasteiger partial charge in [0, 0.05) is 16.7 Å². The van der Waals surface area contributed by atoms with Crippen LogP contribution in [0.4, 0.5) is 0 Å². The largest absolute Gasteiger partial charge is 0.208 e. The Labute approximate surface area is 318 Å². The molecule has 0 aliphatic heterocycles. The van der Waals surface area contributed by atoms with E-state index in [1.54, 1.807) is 0 Å². The van der Waals surface area contributed by atoms with Gasteiger partial charge in [-0.15, -0.1) is 0 Å². The molecule has 2 aliphatic carbocycles. The van der Waals surface area contributed by atoms with E-state index in [0.29, 0.717) is 17.5 Å². The Balaban J connectivity index is 1.18. The van der Waals surface area contributed by atoms with Gasteiger partial charge in [0.15, 0.2) is 17.5 Å². The van der Waals surface area contributed by atoms with Crippen LogP contribution in [0.25, 0.3) is 88.7 Å². The van der Waals surface area contributed by atoms with E-state index in [9.17, 15) is 0 Å². The van der Waals surface area contributed by atoms with E-state index in [2.05, 4.69) is 152 Å². The second-order valence-electron chi connectivity index (χ2n) is 14.6. The standard InChI is InChI=1S/C52H31N3/c1-3-15-32(16-4-1)49-53-50(33-17-5-2-6-18-33)55-51(54-49)35-28-29-36-34(31-35)27-30-43-46-41-23-9-7-19-37(41)38-20-8-10-24-42(38)48(46)52(47(36)43)44-25-13-11-21-39(44)40-22-12-14-26-45(40)52/h1-31H. The third-order valence-electron chi connectivity index (χ3n) is 11.9. The summed E-state index contributed by atoms with van der Waals surface area (Å²) in [5.41, 5.74) is 13.0. The van der Waals surface area contributed by atoms with Crippen LogP contribution in [-0.2, 0) is 5.41 Å². The molecule has 0 amide bonds. The summed E-state index contributed by atoms with van der Waals surface area (Å²) in [4.78, 5) is 15.1. The summed E-state index contributed by atoms with van der Waals surface area (Å²) in [5.74, 6) is 1.97. The average Bonchev–Trinajstić information content (AvgIpc) is 3.75. The number of hydrogen-bond acceptors (Lipinski definition) is 3. The van der Waals surface area contributed by atoms with E-state index >= 15 is 0 Å². The van der Waals surface area contributed by atoms with Gasteiger partial charge >= 0.3 is 0 Å². The van der Waals surface area contributed by atoms with E-state index in [-0.39, 0.29) is 0 Å². The Morgan fingerprint density at radius 2 is 0.800 bits per heavy atom. The van der Waals surface area contributed by atoms with E-state index in [0.717, 1.165) is 22.1 Å². The van der Waals surface area contributed by atoms with Crippen LogP contribution in [0, 0.1) is 0 Å². The van der Waals surface area contributed by atoms with Gasteiger partial charge < -0.3 is 0 Å². The predicted octanol–water partition coefficient (Wildman–Crippen LogP) is 12.7. The van der Waals surface area contributed by atoms with Crippen LogP contribution in [0.5, 0.6) is 0 Å². The first-order valence-electron chi connectivity index (χ1n) is 18.9. The van der Waals surface area contributed by atoms with E-state index in [1.807, 2.05) is 36.4 Å². The van der Waals surface area contributed by atoms with Crippen LogP contribution >= 0.6 is 0 Å². The van der Waals surface area contributed by atoms with Crippen LogP contribution in [0.2, 0.25) is 0 Å². The van der Waals surface area contributed by atoms with Crippen LogP contribution in [0.1, 0.15) is 22.3 Å². The molecule has 0 saturated heterocycles. The number of fused-ring (bicyclic) bond motifs is 17.